The molecule has 0 bridgehead atoms. The highest BCUT2D eigenvalue weighted by Gasteiger charge is 2.02. The Balaban J connectivity index is 1.62. The summed E-state index contributed by atoms with van der Waals surface area (Å²) in [5.74, 6) is 0. The first-order valence-electron chi connectivity index (χ1n) is 6.59. The molecule has 0 atom stereocenters. The van der Waals surface area contributed by atoms with Gasteiger partial charge in [0.15, 0.2) is 0 Å². The minimum atomic E-state index is 0.714. The largest absolute Gasteiger partial charge is 0.346 e. The zero-order chi connectivity index (χ0) is 13.8. The van der Waals surface area contributed by atoms with Crippen molar-refractivity contribution in [2.75, 3.05) is 6.54 Å². The molecule has 0 fully saturated rings. The Bertz CT molecular complexity index is 735. The first kappa shape index (κ1) is 12.9. The van der Waals surface area contributed by atoms with Crippen LogP contribution in [0.25, 0.3) is 10.9 Å². The van der Waals surface area contributed by atoms with E-state index in [1.807, 2.05) is 18.2 Å². The summed E-state index contributed by atoms with van der Waals surface area (Å²) >= 11 is 1.78. The Morgan fingerprint density at radius 1 is 1.25 bits per heavy atom. The van der Waals surface area contributed by atoms with Crippen molar-refractivity contribution in [3.8, 4) is 6.07 Å². The molecule has 0 spiro atoms. The van der Waals surface area contributed by atoms with Gasteiger partial charge in [0.25, 0.3) is 0 Å². The summed E-state index contributed by atoms with van der Waals surface area (Å²) in [7, 11) is 0. The van der Waals surface area contributed by atoms with Crippen LogP contribution in [-0.2, 0) is 13.1 Å². The third kappa shape index (κ3) is 2.74. The molecule has 0 amide bonds. The Morgan fingerprint density at radius 3 is 3.00 bits per heavy atom. The van der Waals surface area contributed by atoms with Crippen LogP contribution in [0.2, 0.25) is 0 Å². The number of hydrogen-bond donors (Lipinski definition) is 1. The normalized spacial score (nSPS) is 10.8. The Labute approximate surface area is 122 Å². The fraction of sp³-hybridized carbons (Fsp3) is 0.188. The predicted molar refractivity (Wildman–Crippen MR) is 82.7 cm³/mol. The van der Waals surface area contributed by atoms with Crippen molar-refractivity contribution >= 4 is 22.2 Å². The van der Waals surface area contributed by atoms with Gasteiger partial charge in [-0.1, -0.05) is 6.07 Å². The molecule has 0 radical (unpaired) electrons. The number of nitrogens with one attached hydrogen (secondary N) is 1. The number of nitriles is 1. The molecule has 0 aliphatic carbocycles. The van der Waals surface area contributed by atoms with Crippen molar-refractivity contribution in [1.82, 2.24) is 9.88 Å². The van der Waals surface area contributed by atoms with Crippen molar-refractivity contribution < 1.29 is 0 Å². The number of fused-ring (bicyclic) bond motifs is 1. The molecule has 1 aromatic carbocycles. The third-order valence-electron chi connectivity index (χ3n) is 3.31. The number of hydrogen-bond acceptors (Lipinski definition) is 3. The molecule has 0 aliphatic heterocycles. The lowest BCUT2D eigenvalue weighted by Gasteiger charge is -2.06. The molecule has 3 aromatic rings. The highest BCUT2D eigenvalue weighted by molar-refractivity contribution is 7.09. The zero-order valence-corrected chi connectivity index (χ0v) is 11.9. The van der Waals surface area contributed by atoms with Crippen molar-refractivity contribution in [1.29, 1.82) is 5.26 Å². The van der Waals surface area contributed by atoms with Gasteiger partial charge < -0.3 is 9.88 Å². The summed E-state index contributed by atoms with van der Waals surface area (Å²) in [5, 5.41) is 15.6. The van der Waals surface area contributed by atoms with Crippen LogP contribution in [0.5, 0.6) is 0 Å². The highest BCUT2D eigenvalue weighted by atomic mass is 32.1. The molecular formula is C16H15N3S. The SMILES string of the molecule is N#Cc1ccc2c(ccn2CCNCc2cccs2)c1. The molecule has 2 aromatic heterocycles. The Hall–Kier alpha value is -2.09. The van der Waals surface area contributed by atoms with Gasteiger partial charge in [0.2, 0.25) is 0 Å². The Kier molecular flexibility index (Phi) is 3.82. The number of aromatic nitrogens is 1. The lowest BCUT2D eigenvalue weighted by atomic mass is 10.2. The van der Waals surface area contributed by atoms with Gasteiger partial charge in [0, 0.05) is 41.6 Å². The van der Waals surface area contributed by atoms with Gasteiger partial charge in [-0.25, -0.2) is 0 Å². The van der Waals surface area contributed by atoms with Crippen LogP contribution >= 0.6 is 11.3 Å². The van der Waals surface area contributed by atoms with Crippen LogP contribution < -0.4 is 5.32 Å². The van der Waals surface area contributed by atoms with Crippen molar-refractivity contribution in [2.45, 2.75) is 13.1 Å². The molecule has 0 unspecified atom stereocenters. The van der Waals surface area contributed by atoms with Crippen molar-refractivity contribution in [2.24, 2.45) is 0 Å². The van der Waals surface area contributed by atoms with E-state index in [2.05, 4.69) is 45.7 Å². The highest BCUT2D eigenvalue weighted by Crippen LogP contribution is 2.17. The minimum Gasteiger partial charge on any atom is -0.346 e. The molecule has 1 N–H and O–H groups in total. The summed E-state index contributed by atoms with van der Waals surface area (Å²) in [6, 6.07) is 14.3. The van der Waals surface area contributed by atoms with Gasteiger partial charge in [0.05, 0.1) is 11.6 Å². The average Bonchev–Trinajstić information content (AvgIpc) is 3.12. The first-order valence-corrected chi connectivity index (χ1v) is 7.47. The van der Waals surface area contributed by atoms with Crippen LogP contribution in [0.15, 0.2) is 48.0 Å². The summed E-state index contributed by atoms with van der Waals surface area (Å²) in [4.78, 5) is 1.36. The van der Waals surface area contributed by atoms with Crippen LogP contribution in [-0.4, -0.2) is 11.1 Å². The fourth-order valence-corrected chi connectivity index (χ4v) is 2.96. The molecule has 0 aliphatic rings. The smallest absolute Gasteiger partial charge is 0.0991 e. The standard InChI is InChI=1S/C16H15N3S/c17-11-13-3-4-16-14(10-13)5-7-19(16)8-6-18-12-15-2-1-9-20-15/h1-5,7,9-10,18H,6,8,12H2. The maximum atomic E-state index is 8.90. The maximum absolute atomic E-state index is 8.90. The second-order valence-electron chi connectivity index (χ2n) is 4.65. The van der Waals surface area contributed by atoms with Gasteiger partial charge in [0.1, 0.15) is 0 Å². The lowest BCUT2D eigenvalue weighted by molar-refractivity contribution is 0.613. The van der Waals surface area contributed by atoms with E-state index in [0.717, 1.165) is 25.0 Å². The second-order valence-corrected chi connectivity index (χ2v) is 5.68. The minimum absolute atomic E-state index is 0.714. The monoisotopic (exact) mass is 281 g/mol. The molecule has 4 heteroatoms. The lowest BCUT2D eigenvalue weighted by Crippen LogP contribution is -2.18. The van der Waals surface area contributed by atoms with E-state index in [9.17, 15) is 0 Å². The van der Waals surface area contributed by atoms with Crippen LogP contribution in [0.1, 0.15) is 10.4 Å². The van der Waals surface area contributed by atoms with E-state index >= 15 is 0 Å². The van der Waals surface area contributed by atoms with Gasteiger partial charge in [-0.05, 0) is 35.7 Å². The average molecular weight is 281 g/mol. The zero-order valence-electron chi connectivity index (χ0n) is 11.0. The van der Waals surface area contributed by atoms with Crippen molar-refractivity contribution in [3.05, 3.63) is 58.4 Å². The molecule has 2 heterocycles. The molecule has 3 nitrogen and oxygen atoms in total. The number of benzene rings is 1. The maximum Gasteiger partial charge on any atom is 0.0991 e. The second kappa shape index (κ2) is 5.91. The van der Waals surface area contributed by atoms with E-state index in [1.165, 1.54) is 10.4 Å². The number of thiophene rings is 1. The van der Waals surface area contributed by atoms with Gasteiger partial charge >= 0.3 is 0 Å². The first-order chi connectivity index (χ1) is 9.86. The van der Waals surface area contributed by atoms with Gasteiger partial charge in [-0.15, -0.1) is 11.3 Å². The van der Waals surface area contributed by atoms with E-state index in [1.54, 1.807) is 11.3 Å². The van der Waals surface area contributed by atoms with Gasteiger partial charge in [-0.3, -0.25) is 0 Å². The van der Waals surface area contributed by atoms with Crippen LogP contribution in [0.4, 0.5) is 0 Å². The summed E-state index contributed by atoms with van der Waals surface area (Å²) < 4.78 is 2.22. The molecule has 100 valence electrons. The van der Waals surface area contributed by atoms with Gasteiger partial charge in [-0.2, -0.15) is 5.26 Å². The van der Waals surface area contributed by atoms with E-state index in [4.69, 9.17) is 5.26 Å². The topological polar surface area (TPSA) is 40.8 Å². The number of nitrogens with zero attached hydrogens (tertiary/aromatic N) is 2. The van der Waals surface area contributed by atoms with E-state index in [-0.39, 0.29) is 0 Å². The molecule has 3 rings (SSSR count). The molecule has 20 heavy (non-hydrogen) atoms. The van der Waals surface area contributed by atoms with Crippen LogP contribution in [0.3, 0.4) is 0 Å². The number of rotatable bonds is 5. The quantitative estimate of drug-likeness (QED) is 0.728. The molecule has 0 saturated carbocycles. The third-order valence-corrected chi connectivity index (χ3v) is 4.19. The molecule has 0 saturated heterocycles. The summed E-state index contributed by atoms with van der Waals surface area (Å²) in [6.07, 6.45) is 2.08. The van der Waals surface area contributed by atoms with Crippen molar-refractivity contribution in [3.63, 3.8) is 0 Å². The molecular weight excluding hydrogens is 266 g/mol. The predicted octanol–water partition coefficient (Wildman–Crippen LogP) is 3.36. The van der Waals surface area contributed by atoms with Crippen LogP contribution in [0, 0.1) is 11.3 Å². The fourth-order valence-electron chi connectivity index (χ4n) is 2.29. The summed E-state index contributed by atoms with van der Waals surface area (Å²) in [6.45, 7) is 2.79. The Morgan fingerprint density at radius 2 is 2.20 bits per heavy atom. The summed E-state index contributed by atoms with van der Waals surface area (Å²) in [5.41, 5.74) is 1.90. The van der Waals surface area contributed by atoms with E-state index in [0.29, 0.717) is 5.56 Å². The van der Waals surface area contributed by atoms with E-state index < -0.39 is 0 Å².